The molecule has 0 bridgehead atoms. The van der Waals surface area contributed by atoms with Gasteiger partial charge in [-0.25, -0.2) is 0 Å². The molecular weight excluding hydrogens is 318 g/mol. The van der Waals surface area contributed by atoms with Crippen molar-refractivity contribution in [2.45, 2.75) is 20.3 Å². The summed E-state index contributed by atoms with van der Waals surface area (Å²) in [6.45, 7) is 11.8. The van der Waals surface area contributed by atoms with Crippen LogP contribution in [0.25, 0.3) is 11.1 Å². The van der Waals surface area contributed by atoms with E-state index < -0.39 is 0 Å². The van der Waals surface area contributed by atoms with E-state index in [0.717, 1.165) is 34.4 Å². The highest BCUT2D eigenvalue weighted by atomic mass is 14.9. The molecule has 0 unspecified atom stereocenters. The summed E-state index contributed by atoms with van der Waals surface area (Å²) in [5.74, 6) is 0. The van der Waals surface area contributed by atoms with E-state index in [1.54, 1.807) is 12.2 Å². The van der Waals surface area contributed by atoms with Gasteiger partial charge in [-0.05, 0) is 53.8 Å². The van der Waals surface area contributed by atoms with Crippen LogP contribution in [0, 0.1) is 17.7 Å². The molecule has 132 valence electrons. The molecule has 0 spiro atoms. The Hall–Kier alpha value is -3.20. The van der Waals surface area contributed by atoms with Crippen molar-refractivity contribution in [3.63, 3.8) is 0 Å². The third-order valence-corrected chi connectivity index (χ3v) is 4.25. The smallest absolute Gasteiger partial charge is 0.0769 e. The number of benzene rings is 2. The summed E-state index contributed by atoms with van der Waals surface area (Å²) in [4.78, 5) is 0. The van der Waals surface area contributed by atoms with E-state index in [0.29, 0.717) is 11.4 Å². The maximum absolute atomic E-state index is 8.15. The summed E-state index contributed by atoms with van der Waals surface area (Å²) in [5.41, 5.74) is 6.14. The molecule has 0 heterocycles. The number of nitrogens with one attached hydrogen (secondary N) is 3. The van der Waals surface area contributed by atoms with Crippen molar-refractivity contribution in [1.29, 1.82) is 10.8 Å². The van der Waals surface area contributed by atoms with Gasteiger partial charge in [0, 0.05) is 5.69 Å². The molecule has 0 aliphatic rings. The van der Waals surface area contributed by atoms with Gasteiger partial charge >= 0.3 is 0 Å². The molecule has 0 fully saturated rings. The fourth-order valence-corrected chi connectivity index (χ4v) is 2.51. The Labute approximate surface area is 155 Å². The highest BCUT2D eigenvalue weighted by molar-refractivity contribution is 6.14. The first kappa shape index (κ1) is 19.1. The van der Waals surface area contributed by atoms with Crippen LogP contribution < -0.4 is 5.32 Å². The lowest BCUT2D eigenvalue weighted by Gasteiger charge is -2.15. The third-order valence-electron chi connectivity index (χ3n) is 4.25. The van der Waals surface area contributed by atoms with Crippen LogP contribution in [-0.2, 0) is 0 Å². The van der Waals surface area contributed by atoms with Crippen LogP contribution in [-0.4, -0.2) is 11.4 Å². The van der Waals surface area contributed by atoms with E-state index in [4.69, 9.17) is 10.8 Å². The fourth-order valence-electron chi connectivity index (χ4n) is 2.51. The lowest BCUT2D eigenvalue weighted by atomic mass is 9.99. The summed E-state index contributed by atoms with van der Waals surface area (Å²) in [5, 5.41) is 19.2. The van der Waals surface area contributed by atoms with Gasteiger partial charge in [-0.3, -0.25) is 5.41 Å². The average molecular weight is 343 g/mol. The van der Waals surface area contributed by atoms with Gasteiger partial charge in [0.05, 0.1) is 17.1 Å². The van der Waals surface area contributed by atoms with Crippen LogP contribution in [0.2, 0.25) is 0 Å². The van der Waals surface area contributed by atoms with Crippen LogP contribution >= 0.6 is 0 Å². The Morgan fingerprint density at radius 2 is 1.62 bits per heavy atom. The van der Waals surface area contributed by atoms with Crippen LogP contribution in [0.15, 0.2) is 85.1 Å². The zero-order chi connectivity index (χ0) is 19.1. The lowest BCUT2D eigenvalue weighted by molar-refractivity contribution is 1.17. The Morgan fingerprint density at radius 3 is 2.27 bits per heavy atom. The van der Waals surface area contributed by atoms with E-state index in [-0.39, 0.29) is 5.71 Å². The number of hydrogen-bond donors (Lipinski definition) is 3. The Kier molecular flexibility index (Phi) is 6.45. The zero-order valence-corrected chi connectivity index (χ0v) is 15.4. The molecule has 0 radical (unpaired) electrons. The standard InChI is InChI=1S/C23H25N3/c1-5-16(2)21(24)14-15-22(25)18(4)26-23-13-9-12-20(17(23)3)19-10-7-6-8-11-19/h6-15,24-26H,2,4-5H2,1,3H3/b15-14-,24-21?,25-22?. The Bertz CT molecular complexity index is 874. The van der Waals surface area contributed by atoms with E-state index in [1.807, 2.05) is 37.3 Å². The molecule has 3 heteroatoms. The summed E-state index contributed by atoms with van der Waals surface area (Å²) in [6, 6.07) is 16.3. The van der Waals surface area contributed by atoms with Crippen LogP contribution in [0.4, 0.5) is 5.69 Å². The predicted octanol–water partition coefficient (Wildman–Crippen LogP) is 6.15. The molecule has 0 atom stereocenters. The second kappa shape index (κ2) is 8.77. The van der Waals surface area contributed by atoms with Crippen molar-refractivity contribution in [3.05, 3.63) is 90.7 Å². The van der Waals surface area contributed by atoms with Gasteiger partial charge in [0.2, 0.25) is 0 Å². The van der Waals surface area contributed by atoms with Crippen LogP contribution in [0.3, 0.4) is 0 Å². The fraction of sp³-hybridized carbons (Fsp3) is 0.130. The quantitative estimate of drug-likeness (QED) is 0.495. The number of rotatable bonds is 8. The molecule has 3 N–H and O–H groups in total. The highest BCUT2D eigenvalue weighted by Crippen LogP contribution is 2.29. The summed E-state index contributed by atoms with van der Waals surface area (Å²) < 4.78 is 0. The minimum Gasteiger partial charge on any atom is -0.354 e. The van der Waals surface area contributed by atoms with Gasteiger partial charge < -0.3 is 10.7 Å². The number of hydrogen-bond acceptors (Lipinski definition) is 3. The van der Waals surface area contributed by atoms with Gasteiger partial charge in [0.15, 0.2) is 0 Å². The molecule has 0 aliphatic carbocycles. The lowest BCUT2D eigenvalue weighted by Crippen LogP contribution is -2.09. The van der Waals surface area contributed by atoms with Gasteiger partial charge in [-0.1, -0.05) is 62.5 Å². The molecule has 2 rings (SSSR count). The number of allylic oxidation sites excluding steroid dienone is 3. The van der Waals surface area contributed by atoms with Gasteiger partial charge in [0.25, 0.3) is 0 Å². The molecule has 0 aromatic heterocycles. The first-order valence-corrected chi connectivity index (χ1v) is 8.58. The number of anilines is 1. The van der Waals surface area contributed by atoms with Crippen molar-refractivity contribution in [3.8, 4) is 11.1 Å². The molecular formula is C23H25N3. The first-order valence-electron chi connectivity index (χ1n) is 8.58. The van der Waals surface area contributed by atoms with Crippen molar-refractivity contribution >= 4 is 17.1 Å². The Morgan fingerprint density at radius 1 is 0.962 bits per heavy atom. The predicted molar refractivity (Wildman–Crippen MR) is 113 cm³/mol. The summed E-state index contributed by atoms with van der Waals surface area (Å²) >= 11 is 0. The van der Waals surface area contributed by atoms with Crippen LogP contribution in [0.5, 0.6) is 0 Å². The van der Waals surface area contributed by atoms with Gasteiger partial charge in [-0.2, -0.15) is 0 Å². The molecule has 2 aromatic carbocycles. The molecule has 0 saturated carbocycles. The largest absolute Gasteiger partial charge is 0.354 e. The summed E-state index contributed by atoms with van der Waals surface area (Å²) in [7, 11) is 0. The maximum atomic E-state index is 8.15. The van der Waals surface area contributed by atoms with Crippen molar-refractivity contribution in [1.82, 2.24) is 0 Å². The monoisotopic (exact) mass is 343 g/mol. The summed E-state index contributed by atoms with van der Waals surface area (Å²) in [6.07, 6.45) is 3.89. The van der Waals surface area contributed by atoms with Gasteiger partial charge in [0.1, 0.15) is 0 Å². The zero-order valence-electron chi connectivity index (χ0n) is 15.4. The molecule has 0 saturated heterocycles. The Balaban J connectivity index is 2.15. The van der Waals surface area contributed by atoms with Crippen LogP contribution in [0.1, 0.15) is 18.9 Å². The maximum Gasteiger partial charge on any atom is 0.0769 e. The van der Waals surface area contributed by atoms with E-state index in [9.17, 15) is 0 Å². The second-order valence-electron chi connectivity index (χ2n) is 6.07. The minimum atomic E-state index is 0.239. The normalized spacial score (nSPS) is 10.5. The van der Waals surface area contributed by atoms with E-state index in [2.05, 4.69) is 43.6 Å². The molecule has 3 nitrogen and oxygen atoms in total. The molecule has 2 aromatic rings. The third kappa shape index (κ3) is 4.67. The van der Waals surface area contributed by atoms with Crippen molar-refractivity contribution in [2.75, 3.05) is 5.32 Å². The SMILES string of the molecule is C=C(CC)C(=N)/C=C\C(=N)C(=C)Nc1cccc(-c2ccccc2)c1C. The topological polar surface area (TPSA) is 59.7 Å². The van der Waals surface area contributed by atoms with Crippen molar-refractivity contribution in [2.24, 2.45) is 0 Å². The van der Waals surface area contributed by atoms with Crippen molar-refractivity contribution < 1.29 is 0 Å². The first-order chi connectivity index (χ1) is 12.4. The minimum absolute atomic E-state index is 0.239. The molecule has 26 heavy (non-hydrogen) atoms. The highest BCUT2D eigenvalue weighted by Gasteiger charge is 2.08. The second-order valence-corrected chi connectivity index (χ2v) is 6.07. The van der Waals surface area contributed by atoms with E-state index >= 15 is 0 Å². The van der Waals surface area contributed by atoms with E-state index in [1.165, 1.54) is 0 Å². The molecule has 0 aliphatic heterocycles. The average Bonchev–Trinajstić information content (AvgIpc) is 2.67. The van der Waals surface area contributed by atoms with Gasteiger partial charge in [-0.15, -0.1) is 0 Å². The molecule has 0 amide bonds.